The average Bonchev–Trinajstić information content (AvgIpc) is 3.38. The maximum absolute atomic E-state index is 12.9. The average molecular weight is 438 g/mol. The highest BCUT2D eigenvalue weighted by molar-refractivity contribution is 5.98. The van der Waals surface area contributed by atoms with E-state index >= 15 is 0 Å². The molecule has 5 rings (SSSR count). The summed E-state index contributed by atoms with van der Waals surface area (Å²) >= 11 is 0. The lowest BCUT2D eigenvalue weighted by Crippen LogP contribution is -2.25. The third-order valence-electron chi connectivity index (χ3n) is 5.04. The number of nitrogens with zero attached hydrogens (tertiary/aromatic N) is 4. The number of rotatable bonds is 5. The molecular weight excluding hydrogens is 420 g/mol. The minimum atomic E-state index is -0.476. The molecule has 0 aliphatic rings. The van der Waals surface area contributed by atoms with Crippen LogP contribution < -0.4 is 11.1 Å². The minimum Gasteiger partial charge on any atom is -0.508 e. The molecular formula is C24H18N6O3. The maximum Gasteiger partial charge on any atom is 0.274 e. The largest absolute Gasteiger partial charge is 0.508 e. The van der Waals surface area contributed by atoms with Crippen LogP contribution in [-0.2, 0) is 6.54 Å². The number of anilines is 1. The zero-order chi connectivity index (χ0) is 22.8. The molecule has 9 heteroatoms. The number of fused-ring (bicyclic) bond motifs is 1. The van der Waals surface area contributed by atoms with Gasteiger partial charge in [0.15, 0.2) is 17.2 Å². The molecule has 3 heterocycles. The van der Waals surface area contributed by atoms with Crippen molar-refractivity contribution in [3.05, 3.63) is 84.5 Å². The number of benzene rings is 2. The second kappa shape index (κ2) is 8.39. The Bertz CT molecular complexity index is 1450. The zero-order valence-electron chi connectivity index (χ0n) is 17.3. The monoisotopic (exact) mass is 438 g/mol. The Morgan fingerprint density at radius 3 is 2.64 bits per heavy atom. The fraction of sp³-hybridized carbons (Fsp3) is 0.0417. The molecule has 0 aliphatic carbocycles. The van der Waals surface area contributed by atoms with Crippen molar-refractivity contribution >= 4 is 22.6 Å². The van der Waals surface area contributed by atoms with Crippen LogP contribution in [0.25, 0.3) is 33.7 Å². The second-order valence-electron chi connectivity index (χ2n) is 7.25. The molecule has 0 fully saturated rings. The van der Waals surface area contributed by atoms with Gasteiger partial charge in [0.1, 0.15) is 17.7 Å². The number of nitrogen functional groups attached to an aromatic ring is 1. The normalized spacial score (nSPS) is 10.9. The van der Waals surface area contributed by atoms with E-state index in [0.29, 0.717) is 17.0 Å². The van der Waals surface area contributed by atoms with Gasteiger partial charge in [-0.25, -0.2) is 15.0 Å². The van der Waals surface area contributed by atoms with Crippen molar-refractivity contribution in [3.8, 4) is 28.6 Å². The van der Waals surface area contributed by atoms with Gasteiger partial charge in [0, 0.05) is 23.7 Å². The summed E-state index contributed by atoms with van der Waals surface area (Å²) in [7, 11) is 0. The predicted octanol–water partition coefficient (Wildman–Crippen LogP) is 3.56. The van der Waals surface area contributed by atoms with Crippen LogP contribution in [0.1, 0.15) is 16.1 Å². The molecule has 0 saturated heterocycles. The molecule has 0 unspecified atom stereocenters. The highest BCUT2D eigenvalue weighted by Crippen LogP contribution is 2.31. The van der Waals surface area contributed by atoms with Gasteiger partial charge in [-0.3, -0.25) is 9.78 Å². The van der Waals surface area contributed by atoms with Gasteiger partial charge in [-0.2, -0.15) is 0 Å². The molecule has 33 heavy (non-hydrogen) atoms. The Hall–Kier alpha value is -4.79. The first kappa shape index (κ1) is 20.1. The van der Waals surface area contributed by atoms with E-state index in [1.807, 2.05) is 30.3 Å². The number of aromatic hydroxyl groups is 1. The Morgan fingerprint density at radius 1 is 1.00 bits per heavy atom. The SMILES string of the molecule is Nc1nc(-c2ncco2)c(-c2ccc3ncccc3c2)nc1C(=O)NCc1ccc(O)cc1. The van der Waals surface area contributed by atoms with E-state index < -0.39 is 5.91 Å². The molecule has 9 nitrogen and oxygen atoms in total. The first-order chi connectivity index (χ1) is 16.1. The number of phenolic OH excluding ortho intramolecular Hbond substituents is 1. The molecule has 1 amide bonds. The summed E-state index contributed by atoms with van der Waals surface area (Å²) in [6.07, 6.45) is 4.65. The van der Waals surface area contributed by atoms with Crippen LogP contribution >= 0.6 is 0 Å². The number of pyridine rings is 1. The number of carbonyl (C=O) groups excluding carboxylic acids is 1. The molecule has 5 aromatic rings. The van der Waals surface area contributed by atoms with Crippen LogP contribution in [0.3, 0.4) is 0 Å². The van der Waals surface area contributed by atoms with Crippen molar-refractivity contribution in [2.45, 2.75) is 6.54 Å². The van der Waals surface area contributed by atoms with Crippen molar-refractivity contribution in [1.29, 1.82) is 0 Å². The van der Waals surface area contributed by atoms with E-state index in [2.05, 4.69) is 25.3 Å². The predicted molar refractivity (Wildman–Crippen MR) is 122 cm³/mol. The fourth-order valence-electron chi connectivity index (χ4n) is 3.41. The summed E-state index contributed by atoms with van der Waals surface area (Å²) in [6.45, 7) is 0.235. The Kier molecular flexibility index (Phi) is 5.12. The van der Waals surface area contributed by atoms with Crippen LogP contribution in [0.15, 0.2) is 77.7 Å². The summed E-state index contributed by atoms with van der Waals surface area (Å²) < 4.78 is 5.44. The first-order valence-corrected chi connectivity index (χ1v) is 10.1. The first-order valence-electron chi connectivity index (χ1n) is 10.1. The summed E-state index contributed by atoms with van der Waals surface area (Å²) in [5.41, 5.74) is 9.19. The van der Waals surface area contributed by atoms with Gasteiger partial charge in [0.25, 0.3) is 5.91 Å². The van der Waals surface area contributed by atoms with Gasteiger partial charge in [0.05, 0.1) is 11.7 Å². The number of nitrogens with two attached hydrogens (primary N) is 1. The van der Waals surface area contributed by atoms with Crippen molar-refractivity contribution in [1.82, 2.24) is 25.3 Å². The van der Waals surface area contributed by atoms with Crippen molar-refractivity contribution < 1.29 is 14.3 Å². The van der Waals surface area contributed by atoms with Crippen molar-refractivity contribution in [2.24, 2.45) is 0 Å². The van der Waals surface area contributed by atoms with Crippen LogP contribution in [-0.4, -0.2) is 30.9 Å². The molecule has 3 aromatic heterocycles. The molecule has 2 aromatic carbocycles. The quantitative estimate of drug-likeness (QED) is 0.378. The smallest absolute Gasteiger partial charge is 0.274 e. The van der Waals surface area contributed by atoms with Gasteiger partial charge >= 0.3 is 0 Å². The molecule has 0 bridgehead atoms. The molecule has 0 radical (unpaired) electrons. The van der Waals surface area contributed by atoms with Crippen LogP contribution in [0, 0.1) is 0 Å². The molecule has 0 spiro atoms. The Balaban J connectivity index is 1.55. The van der Waals surface area contributed by atoms with Crippen LogP contribution in [0.4, 0.5) is 5.82 Å². The number of nitrogens with one attached hydrogen (secondary N) is 1. The standard InChI is InChI=1S/C24H18N6O3/c25-22-21(23(32)28-13-14-3-6-17(31)7-4-14)29-19(20(30-22)24-27-10-11-33-24)16-5-8-18-15(12-16)2-1-9-26-18/h1-12,31H,13H2,(H2,25,30)(H,28,32). The summed E-state index contributed by atoms with van der Waals surface area (Å²) in [6, 6.07) is 15.9. The van der Waals surface area contributed by atoms with Gasteiger partial charge in [-0.05, 0) is 35.9 Å². The maximum atomic E-state index is 12.9. The van der Waals surface area contributed by atoms with E-state index in [0.717, 1.165) is 16.5 Å². The van der Waals surface area contributed by atoms with E-state index in [1.54, 1.807) is 30.5 Å². The van der Waals surface area contributed by atoms with Gasteiger partial charge in [-0.1, -0.05) is 24.3 Å². The van der Waals surface area contributed by atoms with E-state index in [9.17, 15) is 9.90 Å². The van der Waals surface area contributed by atoms with E-state index in [1.165, 1.54) is 12.5 Å². The third-order valence-corrected chi connectivity index (χ3v) is 5.04. The molecule has 0 atom stereocenters. The van der Waals surface area contributed by atoms with Crippen LogP contribution in [0.2, 0.25) is 0 Å². The number of phenols is 1. The summed E-state index contributed by atoms with van der Waals surface area (Å²) in [4.78, 5) is 30.4. The lowest BCUT2D eigenvalue weighted by molar-refractivity contribution is 0.0946. The second-order valence-corrected chi connectivity index (χ2v) is 7.25. The van der Waals surface area contributed by atoms with Gasteiger partial charge in [-0.15, -0.1) is 0 Å². The Morgan fingerprint density at radius 2 is 1.85 bits per heavy atom. The lowest BCUT2D eigenvalue weighted by Gasteiger charge is -2.12. The topological polar surface area (TPSA) is 140 Å². The lowest BCUT2D eigenvalue weighted by atomic mass is 10.1. The number of amides is 1. The number of hydrogen-bond acceptors (Lipinski definition) is 8. The Labute approximate surface area is 188 Å². The molecule has 0 saturated carbocycles. The minimum absolute atomic E-state index is 0.00892. The summed E-state index contributed by atoms with van der Waals surface area (Å²) in [5.74, 6) is -0.127. The number of aromatic nitrogens is 4. The van der Waals surface area contributed by atoms with E-state index in [4.69, 9.17) is 10.2 Å². The molecule has 0 aliphatic heterocycles. The van der Waals surface area contributed by atoms with E-state index in [-0.39, 0.29) is 29.7 Å². The number of hydrogen-bond donors (Lipinski definition) is 3. The van der Waals surface area contributed by atoms with Crippen LogP contribution in [0.5, 0.6) is 5.75 Å². The van der Waals surface area contributed by atoms with Crippen molar-refractivity contribution in [2.75, 3.05) is 5.73 Å². The highest BCUT2D eigenvalue weighted by Gasteiger charge is 2.22. The fourth-order valence-corrected chi connectivity index (χ4v) is 3.41. The zero-order valence-corrected chi connectivity index (χ0v) is 17.3. The molecule has 4 N–H and O–H groups in total. The number of oxazole rings is 1. The highest BCUT2D eigenvalue weighted by atomic mass is 16.3. The third kappa shape index (κ3) is 4.07. The van der Waals surface area contributed by atoms with Gasteiger partial charge in [0.2, 0.25) is 5.89 Å². The van der Waals surface area contributed by atoms with Crippen molar-refractivity contribution in [3.63, 3.8) is 0 Å². The number of carbonyl (C=O) groups is 1. The summed E-state index contributed by atoms with van der Waals surface area (Å²) in [5, 5.41) is 13.1. The van der Waals surface area contributed by atoms with Gasteiger partial charge < -0.3 is 20.6 Å². The molecule has 162 valence electrons.